The normalized spacial score (nSPS) is 10.6. The number of ether oxygens (including phenoxy) is 1. The van der Waals surface area contributed by atoms with Crippen LogP contribution in [0, 0.1) is 6.92 Å². The van der Waals surface area contributed by atoms with Crippen LogP contribution in [0.4, 0.5) is 11.6 Å². The average molecular weight is 254 g/mol. The number of nitrogens with zero attached hydrogens (tertiary/aromatic N) is 2. The molecule has 5 heteroatoms. The maximum absolute atomic E-state index is 5.30. The fourth-order valence-electron chi connectivity index (χ4n) is 1.97. The van der Waals surface area contributed by atoms with Crippen LogP contribution in [0.5, 0.6) is 5.75 Å². The third-order valence-electron chi connectivity index (χ3n) is 2.92. The van der Waals surface area contributed by atoms with Gasteiger partial charge in [0, 0.05) is 11.1 Å². The third kappa shape index (κ3) is 2.10. The summed E-state index contributed by atoms with van der Waals surface area (Å²) in [6.07, 6.45) is 0. The van der Waals surface area contributed by atoms with Crippen molar-refractivity contribution in [2.75, 3.05) is 12.4 Å². The van der Waals surface area contributed by atoms with E-state index in [4.69, 9.17) is 4.74 Å². The number of nitrogens with one attached hydrogen (secondary N) is 2. The number of anilines is 2. The van der Waals surface area contributed by atoms with Gasteiger partial charge in [-0.05, 0) is 31.2 Å². The third-order valence-corrected chi connectivity index (χ3v) is 2.92. The van der Waals surface area contributed by atoms with E-state index in [1.807, 2.05) is 43.3 Å². The first-order chi connectivity index (χ1) is 9.28. The van der Waals surface area contributed by atoms with E-state index in [1.165, 1.54) is 0 Å². The van der Waals surface area contributed by atoms with Crippen LogP contribution >= 0.6 is 0 Å². The second-order valence-corrected chi connectivity index (χ2v) is 4.25. The van der Waals surface area contributed by atoms with E-state index in [0.717, 1.165) is 22.4 Å². The molecule has 0 unspecified atom stereocenters. The summed E-state index contributed by atoms with van der Waals surface area (Å²) < 4.78 is 5.30. The monoisotopic (exact) mass is 254 g/mol. The minimum Gasteiger partial charge on any atom is -0.493 e. The zero-order valence-electron chi connectivity index (χ0n) is 10.8. The molecule has 3 rings (SSSR count). The molecule has 0 fully saturated rings. The molecule has 2 heterocycles. The maximum Gasteiger partial charge on any atom is 0.174 e. The Morgan fingerprint density at radius 3 is 2.79 bits per heavy atom. The molecule has 0 spiro atoms. The summed E-state index contributed by atoms with van der Waals surface area (Å²) in [7, 11) is 1.63. The van der Waals surface area contributed by atoms with Crippen molar-refractivity contribution in [3.05, 3.63) is 42.1 Å². The largest absolute Gasteiger partial charge is 0.493 e. The fourth-order valence-corrected chi connectivity index (χ4v) is 1.97. The van der Waals surface area contributed by atoms with Crippen molar-refractivity contribution in [2.45, 2.75) is 6.92 Å². The molecule has 1 aromatic carbocycles. The van der Waals surface area contributed by atoms with Gasteiger partial charge in [-0.2, -0.15) is 5.10 Å². The van der Waals surface area contributed by atoms with Gasteiger partial charge in [0.2, 0.25) is 0 Å². The smallest absolute Gasteiger partial charge is 0.174 e. The first-order valence-corrected chi connectivity index (χ1v) is 5.99. The highest BCUT2D eigenvalue weighted by atomic mass is 16.5. The topological polar surface area (TPSA) is 62.8 Å². The number of methoxy groups -OCH3 is 1. The molecule has 5 nitrogen and oxygen atoms in total. The fraction of sp³-hybridized carbons (Fsp3) is 0.143. The molecule has 0 amide bonds. The zero-order valence-corrected chi connectivity index (χ0v) is 10.8. The van der Waals surface area contributed by atoms with Crippen molar-refractivity contribution >= 4 is 22.5 Å². The predicted octanol–water partition coefficient (Wildman–Crippen LogP) is 3.02. The van der Waals surface area contributed by atoms with Gasteiger partial charge in [0.25, 0.3) is 0 Å². The molecule has 0 saturated heterocycles. The standard InChI is InChI=1S/C14H14N4O/c1-9-7-8-12(19-2)14(15-9)16-13-10-5-3-4-6-11(10)17-18-13/h3-8H,1-2H3,(H2,15,16,17,18). The Kier molecular flexibility index (Phi) is 2.79. The highest BCUT2D eigenvalue weighted by Crippen LogP contribution is 2.28. The van der Waals surface area contributed by atoms with Crippen LogP contribution in [0.25, 0.3) is 10.9 Å². The lowest BCUT2D eigenvalue weighted by molar-refractivity contribution is 0.415. The van der Waals surface area contributed by atoms with E-state index >= 15 is 0 Å². The van der Waals surface area contributed by atoms with Crippen molar-refractivity contribution in [2.24, 2.45) is 0 Å². The van der Waals surface area contributed by atoms with E-state index in [0.29, 0.717) is 11.6 Å². The summed E-state index contributed by atoms with van der Waals surface area (Å²) in [5.74, 6) is 2.10. The Balaban J connectivity index is 2.03. The van der Waals surface area contributed by atoms with E-state index in [9.17, 15) is 0 Å². The van der Waals surface area contributed by atoms with Crippen LogP contribution in [0.15, 0.2) is 36.4 Å². The summed E-state index contributed by atoms with van der Waals surface area (Å²) >= 11 is 0. The number of para-hydroxylation sites is 1. The molecule has 2 aromatic heterocycles. The number of benzene rings is 1. The van der Waals surface area contributed by atoms with Gasteiger partial charge < -0.3 is 10.1 Å². The van der Waals surface area contributed by atoms with Crippen molar-refractivity contribution in [1.82, 2.24) is 15.2 Å². The number of rotatable bonds is 3. The summed E-state index contributed by atoms with van der Waals surface area (Å²) in [5.41, 5.74) is 1.90. The lowest BCUT2D eigenvalue weighted by Gasteiger charge is -2.09. The quantitative estimate of drug-likeness (QED) is 0.754. The molecule has 0 radical (unpaired) electrons. The van der Waals surface area contributed by atoms with Gasteiger partial charge in [0.1, 0.15) is 0 Å². The second kappa shape index (κ2) is 4.61. The molecule has 3 aromatic rings. The second-order valence-electron chi connectivity index (χ2n) is 4.25. The SMILES string of the molecule is COc1ccc(C)nc1Nc1n[nH]c2ccccc12. The van der Waals surface area contributed by atoms with Gasteiger partial charge in [0.05, 0.1) is 12.6 Å². The number of hydrogen-bond donors (Lipinski definition) is 2. The minimum absolute atomic E-state index is 0.666. The van der Waals surface area contributed by atoms with Crippen LogP contribution in [0.3, 0.4) is 0 Å². The Morgan fingerprint density at radius 1 is 1.11 bits per heavy atom. The van der Waals surface area contributed by atoms with Crippen LogP contribution in [0.1, 0.15) is 5.69 Å². The van der Waals surface area contributed by atoms with Crippen molar-refractivity contribution in [1.29, 1.82) is 0 Å². The summed E-state index contributed by atoms with van der Waals surface area (Å²) in [5, 5.41) is 11.5. The van der Waals surface area contributed by atoms with E-state index in [-0.39, 0.29) is 0 Å². The number of aryl methyl sites for hydroxylation is 1. The molecule has 0 aliphatic heterocycles. The van der Waals surface area contributed by atoms with Crippen molar-refractivity contribution in [3.63, 3.8) is 0 Å². The summed E-state index contributed by atoms with van der Waals surface area (Å²) in [6.45, 7) is 1.94. The van der Waals surface area contributed by atoms with E-state index < -0.39 is 0 Å². The van der Waals surface area contributed by atoms with E-state index in [2.05, 4.69) is 20.5 Å². The van der Waals surface area contributed by atoms with Crippen LogP contribution in [-0.4, -0.2) is 22.3 Å². The first-order valence-electron chi connectivity index (χ1n) is 5.99. The van der Waals surface area contributed by atoms with Gasteiger partial charge in [0.15, 0.2) is 17.4 Å². The Morgan fingerprint density at radius 2 is 1.95 bits per heavy atom. The lowest BCUT2D eigenvalue weighted by Crippen LogP contribution is -1.99. The highest BCUT2D eigenvalue weighted by molar-refractivity contribution is 5.91. The molecular weight excluding hydrogens is 240 g/mol. The van der Waals surface area contributed by atoms with E-state index in [1.54, 1.807) is 7.11 Å². The molecule has 0 aliphatic rings. The molecule has 0 bridgehead atoms. The molecule has 19 heavy (non-hydrogen) atoms. The summed E-state index contributed by atoms with van der Waals surface area (Å²) in [6, 6.07) is 11.7. The number of hydrogen-bond acceptors (Lipinski definition) is 4. The predicted molar refractivity (Wildman–Crippen MR) is 74.9 cm³/mol. The molecule has 0 aliphatic carbocycles. The number of aromatic amines is 1. The first kappa shape index (κ1) is 11.5. The lowest BCUT2D eigenvalue weighted by atomic mass is 10.2. The Hall–Kier alpha value is -2.56. The van der Waals surface area contributed by atoms with Crippen LogP contribution in [-0.2, 0) is 0 Å². The number of H-pyrrole nitrogens is 1. The molecule has 96 valence electrons. The molecular formula is C14H14N4O. The van der Waals surface area contributed by atoms with Gasteiger partial charge in [-0.15, -0.1) is 0 Å². The van der Waals surface area contributed by atoms with Gasteiger partial charge >= 0.3 is 0 Å². The van der Waals surface area contributed by atoms with Crippen LogP contribution in [0.2, 0.25) is 0 Å². The van der Waals surface area contributed by atoms with Gasteiger partial charge in [-0.3, -0.25) is 5.10 Å². The molecule has 0 atom stereocenters. The molecule has 0 saturated carbocycles. The molecule has 2 N–H and O–H groups in total. The number of pyridine rings is 1. The summed E-state index contributed by atoms with van der Waals surface area (Å²) in [4.78, 5) is 4.44. The maximum atomic E-state index is 5.30. The van der Waals surface area contributed by atoms with Crippen molar-refractivity contribution in [3.8, 4) is 5.75 Å². The zero-order chi connectivity index (χ0) is 13.2. The van der Waals surface area contributed by atoms with Crippen molar-refractivity contribution < 1.29 is 4.74 Å². The Labute approximate surface area is 110 Å². The van der Waals surface area contributed by atoms with Gasteiger partial charge in [-0.25, -0.2) is 4.98 Å². The average Bonchev–Trinajstić information content (AvgIpc) is 2.83. The Bertz CT molecular complexity index is 720. The number of fused-ring (bicyclic) bond motifs is 1. The van der Waals surface area contributed by atoms with Crippen LogP contribution < -0.4 is 10.1 Å². The van der Waals surface area contributed by atoms with Gasteiger partial charge in [-0.1, -0.05) is 12.1 Å². The number of aromatic nitrogens is 3. The minimum atomic E-state index is 0.666. The highest BCUT2D eigenvalue weighted by Gasteiger charge is 2.09.